The van der Waals surface area contributed by atoms with Crippen LogP contribution >= 0.6 is 46.6 Å². The van der Waals surface area contributed by atoms with Gasteiger partial charge in [0.15, 0.2) is 6.61 Å². The van der Waals surface area contributed by atoms with Crippen molar-refractivity contribution in [2.45, 2.75) is 9.79 Å². The average Bonchev–Trinajstić information content (AvgIpc) is 2.73. The number of hydrogen-bond acceptors (Lipinski definition) is 4. The van der Waals surface area contributed by atoms with Gasteiger partial charge in [0.25, 0.3) is 5.91 Å². The molecular formula is C21H12Cl3NO3S. The second-order valence-corrected chi connectivity index (χ2v) is 8.34. The fourth-order valence-corrected chi connectivity index (χ4v) is 4.69. The second kappa shape index (κ2) is 8.28. The molecule has 8 heteroatoms. The molecule has 0 saturated carbocycles. The molecule has 0 bridgehead atoms. The van der Waals surface area contributed by atoms with Crippen molar-refractivity contribution in [1.29, 1.82) is 0 Å². The third-order valence-electron chi connectivity index (χ3n) is 4.26. The molecule has 3 aromatic rings. The number of anilines is 2. The van der Waals surface area contributed by atoms with Crippen LogP contribution in [0.15, 0.2) is 70.5 Å². The van der Waals surface area contributed by atoms with Crippen molar-refractivity contribution in [2.75, 3.05) is 11.5 Å². The molecule has 0 atom stereocenters. The van der Waals surface area contributed by atoms with E-state index >= 15 is 0 Å². The van der Waals surface area contributed by atoms with E-state index in [0.717, 1.165) is 21.2 Å². The molecule has 0 aromatic heterocycles. The highest BCUT2D eigenvalue weighted by atomic mass is 35.5. The summed E-state index contributed by atoms with van der Waals surface area (Å²) in [6, 6.07) is 18.0. The predicted molar refractivity (Wildman–Crippen MR) is 116 cm³/mol. The SMILES string of the molecule is O=C(OCC(=O)N1c2ccccc2Sc2ccccc21)c1c(Cl)ccc(Cl)c1Cl. The highest BCUT2D eigenvalue weighted by molar-refractivity contribution is 7.99. The number of benzene rings is 3. The zero-order valence-corrected chi connectivity index (χ0v) is 17.8. The molecule has 4 nitrogen and oxygen atoms in total. The molecule has 4 rings (SSSR count). The number of carbonyl (C=O) groups excluding carboxylic acids is 2. The highest BCUT2D eigenvalue weighted by Gasteiger charge is 2.29. The smallest absolute Gasteiger partial charge is 0.341 e. The van der Waals surface area contributed by atoms with Crippen molar-refractivity contribution in [3.63, 3.8) is 0 Å². The van der Waals surface area contributed by atoms with Crippen molar-refractivity contribution in [3.05, 3.63) is 81.3 Å². The third-order valence-corrected chi connectivity index (χ3v) is 6.51. The van der Waals surface area contributed by atoms with E-state index < -0.39 is 18.5 Å². The number of amides is 1. The van der Waals surface area contributed by atoms with Crippen LogP contribution in [0.25, 0.3) is 0 Å². The van der Waals surface area contributed by atoms with Crippen molar-refractivity contribution in [2.24, 2.45) is 0 Å². The summed E-state index contributed by atoms with van der Waals surface area (Å²) in [6.07, 6.45) is 0. The van der Waals surface area contributed by atoms with Gasteiger partial charge in [0.05, 0.1) is 32.0 Å². The Hall–Kier alpha value is -2.18. The lowest BCUT2D eigenvalue weighted by Gasteiger charge is -2.30. The highest BCUT2D eigenvalue weighted by Crippen LogP contribution is 2.47. The Morgan fingerprint density at radius 1 is 0.828 bits per heavy atom. The standard InChI is InChI=1S/C21H12Cl3NO3S/c22-12-9-10-13(23)20(24)19(12)21(27)28-11-18(26)25-14-5-1-3-7-16(14)29-17-8-4-2-6-15(17)25/h1-10H,11H2. The van der Waals surface area contributed by atoms with Crippen molar-refractivity contribution in [1.82, 2.24) is 0 Å². The number of halogens is 3. The Morgan fingerprint density at radius 2 is 1.38 bits per heavy atom. The summed E-state index contributed by atoms with van der Waals surface area (Å²) in [4.78, 5) is 29.0. The molecule has 146 valence electrons. The van der Waals surface area contributed by atoms with Crippen molar-refractivity contribution in [3.8, 4) is 0 Å². The lowest BCUT2D eigenvalue weighted by Crippen LogP contribution is -2.32. The van der Waals surface area contributed by atoms with Gasteiger partial charge >= 0.3 is 5.97 Å². The van der Waals surface area contributed by atoms with Crippen LogP contribution in [0.3, 0.4) is 0 Å². The van der Waals surface area contributed by atoms with Gasteiger partial charge in [-0.25, -0.2) is 4.79 Å². The first-order valence-electron chi connectivity index (χ1n) is 8.47. The Labute approximate surface area is 186 Å². The maximum atomic E-state index is 13.0. The number of para-hydroxylation sites is 2. The summed E-state index contributed by atoms with van der Waals surface area (Å²) in [5.74, 6) is -1.21. The minimum absolute atomic E-state index is 0.0123. The van der Waals surface area contributed by atoms with Gasteiger partial charge < -0.3 is 4.74 Å². The first-order chi connectivity index (χ1) is 14.0. The topological polar surface area (TPSA) is 46.6 Å². The predicted octanol–water partition coefficient (Wildman–Crippen LogP) is 6.63. The number of ether oxygens (including phenoxy) is 1. The van der Waals surface area contributed by atoms with E-state index in [4.69, 9.17) is 39.5 Å². The molecular weight excluding hydrogens is 453 g/mol. The van der Waals surface area contributed by atoms with Crippen LogP contribution in [0, 0.1) is 0 Å². The summed E-state index contributed by atoms with van der Waals surface area (Å²) >= 11 is 19.7. The number of rotatable bonds is 3. The molecule has 0 N–H and O–H groups in total. The molecule has 0 spiro atoms. The zero-order valence-electron chi connectivity index (χ0n) is 14.7. The summed E-state index contributed by atoms with van der Waals surface area (Å²) in [6.45, 7) is -0.481. The van der Waals surface area contributed by atoms with Crippen LogP contribution < -0.4 is 4.90 Å². The van der Waals surface area contributed by atoms with Gasteiger partial charge in [0, 0.05) is 9.79 Å². The van der Waals surface area contributed by atoms with Crippen LogP contribution in [-0.4, -0.2) is 18.5 Å². The average molecular weight is 465 g/mol. The van der Waals surface area contributed by atoms with Gasteiger partial charge in [0.2, 0.25) is 0 Å². The summed E-state index contributed by atoms with van der Waals surface area (Å²) in [5.41, 5.74) is 1.40. The minimum Gasteiger partial charge on any atom is -0.452 e. The van der Waals surface area contributed by atoms with Crippen LogP contribution in [0.4, 0.5) is 11.4 Å². The molecule has 3 aromatic carbocycles. The number of esters is 1. The molecule has 1 amide bonds. The van der Waals surface area contributed by atoms with Gasteiger partial charge in [-0.3, -0.25) is 9.69 Å². The van der Waals surface area contributed by atoms with Crippen LogP contribution in [0.5, 0.6) is 0 Å². The fourth-order valence-electron chi connectivity index (χ4n) is 2.95. The molecule has 1 aliphatic heterocycles. The van der Waals surface area contributed by atoms with E-state index in [1.54, 1.807) is 16.7 Å². The number of nitrogens with zero attached hydrogens (tertiary/aromatic N) is 1. The maximum Gasteiger partial charge on any atom is 0.341 e. The number of hydrogen-bond donors (Lipinski definition) is 0. The van der Waals surface area contributed by atoms with E-state index in [1.807, 2.05) is 48.5 Å². The molecule has 1 heterocycles. The van der Waals surface area contributed by atoms with E-state index in [-0.39, 0.29) is 20.6 Å². The molecule has 29 heavy (non-hydrogen) atoms. The maximum absolute atomic E-state index is 13.0. The minimum atomic E-state index is -0.816. The van der Waals surface area contributed by atoms with Gasteiger partial charge in [-0.1, -0.05) is 70.8 Å². The summed E-state index contributed by atoms with van der Waals surface area (Å²) in [7, 11) is 0. The fraction of sp³-hybridized carbons (Fsp3) is 0.0476. The summed E-state index contributed by atoms with van der Waals surface area (Å²) in [5, 5.41) is 0.258. The van der Waals surface area contributed by atoms with Gasteiger partial charge in [-0.15, -0.1) is 0 Å². The Bertz CT molecular complexity index is 1090. The van der Waals surface area contributed by atoms with Crippen LogP contribution in [0.1, 0.15) is 10.4 Å². The second-order valence-electron chi connectivity index (χ2n) is 6.06. The summed E-state index contributed by atoms with van der Waals surface area (Å²) < 4.78 is 5.23. The number of carbonyl (C=O) groups is 2. The molecule has 0 aliphatic carbocycles. The normalized spacial score (nSPS) is 12.2. The van der Waals surface area contributed by atoms with E-state index in [9.17, 15) is 9.59 Å². The molecule has 0 radical (unpaired) electrons. The van der Waals surface area contributed by atoms with Gasteiger partial charge in [-0.05, 0) is 36.4 Å². The molecule has 0 unspecified atom stereocenters. The van der Waals surface area contributed by atoms with Crippen molar-refractivity contribution >= 4 is 69.8 Å². The van der Waals surface area contributed by atoms with Gasteiger partial charge in [-0.2, -0.15) is 0 Å². The van der Waals surface area contributed by atoms with Crippen molar-refractivity contribution < 1.29 is 14.3 Å². The molecule has 0 saturated heterocycles. The monoisotopic (exact) mass is 463 g/mol. The largest absolute Gasteiger partial charge is 0.452 e. The van der Waals surface area contributed by atoms with Gasteiger partial charge in [0.1, 0.15) is 0 Å². The Kier molecular flexibility index (Phi) is 5.74. The molecule has 1 aliphatic rings. The zero-order chi connectivity index (χ0) is 20.5. The van der Waals surface area contributed by atoms with E-state index in [2.05, 4.69) is 0 Å². The van der Waals surface area contributed by atoms with Crippen LogP contribution in [-0.2, 0) is 9.53 Å². The van der Waals surface area contributed by atoms with E-state index in [1.165, 1.54) is 12.1 Å². The quantitative estimate of drug-likeness (QED) is 0.322. The Balaban J connectivity index is 1.60. The van der Waals surface area contributed by atoms with Crippen LogP contribution in [0.2, 0.25) is 15.1 Å². The lowest BCUT2D eigenvalue weighted by atomic mass is 10.2. The number of fused-ring (bicyclic) bond motifs is 2. The first kappa shape index (κ1) is 20.1. The first-order valence-corrected chi connectivity index (χ1v) is 10.4. The molecule has 0 fully saturated rings. The lowest BCUT2D eigenvalue weighted by molar-refractivity contribution is -0.121. The third kappa shape index (κ3) is 3.83. The van der Waals surface area contributed by atoms with E-state index in [0.29, 0.717) is 0 Å². The Morgan fingerprint density at radius 3 is 2.00 bits per heavy atom.